The molecule has 17 heavy (non-hydrogen) atoms. The van der Waals surface area contributed by atoms with E-state index in [0.29, 0.717) is 4.91 Å². The third kappa shape index (κ3) is 2.46. The molecule has 0 spiro atoms. The summed E-state index contributed by atoms with van der Waals surface area (Å²) in [7, 11) is 0. The van der Waals surface area contributed by atoms with Gasteiger partial charge >= 0.3 is 0 Å². The van der Waals surface area contributed by atoms with Crippen LogP contribution in [0.4, 0.5) is 0 Å². The van der Waals surface area contributed by atoms with Crippen LogP contribution in [-0.2, 0) is 11.1 Å². The number of fused-ring (bicyclic) bond motifs is 1. The molecule has 2 unspecified atom stereocenters. The van der Waals surface area contributed by atoms with E-state index in [1.165, 1.54) is 5.57 Å². The summed E-state index contributed by atoms with van der Waals surface area (Å²) in [6.45, 7) is 2.09. The van der Waals surface area contributed by atoms with Crippen LogP contribution in [-0.4, -0.2) is 8.76 Å². The summed E-state index contributed by atoms with van der Waals surface area (Å²) in [4.78, 5) is 0.480. The van der Waals surface area contributed by atoms with Crippen molar-refractivity contribution in [2.75, 3.05) is 0 Å². The third-order valence-corrected chi connectivity index (χ3v) is 4.50. The fourth-order valence-electron chi connectivity index (χ4n) is 2.29. The minimum Gasteiger partial charge on any atom is -0.302 e. The molecule has 0 radical (unpaired) electrons. The number of hydrogen-bond donors (Lipinski definition) is 1. The molecule has 0 saturated carbocycles. The predicted molar refractivity (Wildman–Crippen MR) is 72.0 cm³/mol. The van der Waals surface area contributed by atoms with Gasteiger partial charge in [0.2, 0.25) is 0 Å². The molecule has 0 aromatic carbocycles. The van der Waals surface area contributed by atoms with E-state index < -0.39 is 11.1 Å². The molecule has 2 aliphatic carbocycles. The molecule has 92 valence electrons. The quantitative estimate of drug-likeness (QED) is 0.773. The summed E-state index contributed by atoms with van der Waals surface area (Å²) < 4.78 is 20.6. The van der Waals surface area contributed by atoms with Crippen molar-refractivity contribution < 1.29 is 8.76 Å². The average Bonchev–Trinajstić information content (AvgIpc) is 2.48. The van der Waals surface area contributed by atoms with Gasteiger partial charge in [0.1, 0.15) is 0 Å². The Kier molecular flexibility index (Phi) is 4.02. The lowest BCUT2D eigenvalue weighted by Crippen LogP contribution is -2.11. The number of hydrogen-bond acceptors (Lipinski definition) is 1. The van der Waals surface area contributed by atoms with Crippen molar-refractivity contribution in [1.29, 1.82) is 0 Å². The molecule has 0 aliphatic heterocycles. The molecular weight excluding hydrogens is 256 g/mol. The monoisotopic (exact) mass is 270 g/mol. The zero-order valence-electron chi connectivity index (χ0n) is 9.65. The first-order valence-corrected chi connectivity index (χ1v) is 7.19. The van der Waals surface area contributed by atoms with Crippen LogP contribution in [0.3, 0.4) is 0 Å². The van der Waals surface area contributed by atoms with Crippen LogP contribution >= 0.6 is 11.6 Å². The maximum atomic E-state index is 11.3. The summed E-state index contributed by atoms with van der Waals surface area (Å²) in [5.74, 6) is 0.0569. The summed E-state index contributed by atoms with van der Waals surface area (Å²) in [6.07, 6.45) is 10.2. The Morgan fingerprint density at radius 2 is 2.24 bits per heavy atom. The van der Waals surface area contributed by atoms with E-state index in [-0.39, 0.29) is 5.92 Å². The first kappa shape index (κ1) is 12.8. The molecule has 0 aromatic heterocycles. The average molecular weight is 271 g/mol. The molecule has 0 bridgehead atoms. The highest BCUT2D eigenvalue weighted by Crippen LogP contribution is 2.39. The maximum Gasteiger partial charge on any atom is 0.186 e. The lowest BCUT2D eigenvalue weighted by molar-refractivity contribution is 0.570. The highest BCUT2D eigenvalue weighted by Gasteiger charge is 2.26. The summed E-state index contributed by atoms with van der Waals surface area (Å²) in [5, 5.41) is 0.847. The number of rotatable bonds is 2. The van der Waals surface area contributed by atoms with E-state index in [9.17, 15) is 8.76 Å². The summed E-state index contributed by atoms with van der Waals surface area (Å²) in [5.41, 5.74) is 2.11. The molecule has 2 nitrogen and oxygen atoms in total. The third-order valence-electron chi connectivity index (χ3n) is 3.22. The second-order valence-electron chi connectivity index (χ2n) is 4.17. The minimum absolute atomic E-state index is 0.0569. The van der Waals surface area contributed by atoms with Gasteiger partial charge in [-0.3, -0.25) is 0 Å². The second kappa shape index (κ2) is 5.34. The molecule has 0 saturated heterocycles. The van der Waals surface area contributed by atoms with Crippen LogP contribution in [0, 0.1) is 5.92 Å². The Labute approximate surface area is 109 Å². The van der Waals surface area contributed by atoms with Gasteiger partial charge in [0.05, 0.1) is 4.91 Å². The lowest BCUT2D eigenvalue weighted by Gasteiger charge is -2.21. The van der Waals surface area contributed by atoms with Crippen LogP contribution in [0.2, 0.25) is 0 Å². The van der Waals surface area contributed by atoms with E-state index in [1.54, 1.807) is 6.08 Å². The molecule has 0 fully saturated rings. The van der Waals surface area contributed by atoms with Crippen LogP contribution < -0.4 is 0 Å². The Balaban J connectivity index is 2.53. The lowest BCUT2D eigenvalue weighted by atomic mass is 9.90. The zero-order valence-corrected chi connectivity index (χ0v) is 11.2. The second-order valence-corrected chi connectivity index (χ2v) is 5.52. The Bertz CT molecular complexity index is 472. The van der Waals surface area contributed by atoms with Crippen molar-refractivity contribution in [2.45, 2.75) is 26.2 Å². The molecular formula is C13H15ClO2S. The van der Waals surface area contributed by atoms with Crippen LogP contribution in [0.15, 0.2) is 45.4 Å². The normalized spacial score (nSPS) is 25.9. The van der Waals surface area contributed by atoms with Gasteiger partial charge in [-0.1, -0.05) is 42.3 Å². The zero-order chi connectivity index (χ0) is 12.4. The number of halogens is 1. The van der Waals surface area contributed by atoms with Crippen molar-refractivity contribution >= 4 is 22.7 Å². The van der Waals surface area contributed by atoms with Crippen molar-refractivity contribution in [3.8, 4) is 0 Å². The van der Waals surface area contributed by atoms with Crippen molar-refractivity contribution in [1.82, 2.24) is 0 Å². The van der Waals surface area contributed by atoms with E-state index in [4.69, 9.17) is 11.6 Å². The van der Waals surface area contributed by atoms with E-state index in [2.05, 4.69) is 6.92 Å². The summed E-state index contributed by atoms with van der Waals surface area (Å²) in [6, 6.07) is 0. The van der Waals surface area contributed by atoms with Crippen LogP contribution in [0.25, 0.3) is 0 Å². The smallest absolute Gasteiger partial charge is 0.186 e. The van der Waals surface area contributed by atoms with Gasteiger partial charge in [-0.2, -0.15) is 0 Å². The van der Waals surface area contributed by atoms with E-state index >= 15 is 0 Å². The molecule has 0 heterocycles. The van der Waals surface area contributed by atoms with E-state index in [1.807, 2.05) is 18.2 Å². The molecule has 0 aromatic rings. The molecule has 2 aliphatic rings. The fourth-order valence-corrected chi connectivity index (χ4v) is 3.33. The van der Waals surface area contributed by atoms with Crippen LogP contribution in [0.5, 0.6) is 0 Å². The van der Waals surface area contributed by atoms with Gasteiger partial charge in [0.15, 0.2) is 11.1 Å². The molecule has 4 heteroatoms. The first-order valence-electron chi connectivity index (χ1n) is 5.70. The predicted octanol–water partition coefficient (Wildman–Crippen LogP) is 3.90. The Morgan fingerprint density at radius 1 is 1.47 bits per heavy atom. The Hall–Kier alpha value is -0.640. The molecule has 1 N–H and O–H groups in total. The van der Waals surface area contributed by atoms with Gasteiger partial charge < -0.3 is 4.55 Å². The van der Waals surface area contributed by atoms with Gasteiger partial charge in [0.25, 0.3) is 0 Å². The van der Waals surface area contributed by atoms with Gasteiger partial charge in [-0.05, 0) is 30.9 Å². The minimum atomic E-state index is -1.95. The molecule has 2 atom stereocenters. The van der Waals surface area contributed by atoms with Gasteiger partial charge in [0, 0.05) is 11.0 Å². The van der Waals surface area contributed by atoms with Gasteiger partial charge in [-0.15, -0.1) is 0 Å². The molecule has 0 amide bonds. The molecule has 2 rings (SSSR count). The van der Waals surface area contributed by atoms with Gasteiger partial charge in [-0.25, -0.2) is 4.21 Å². The summed E-state index contributed by atoms with van der Waals surface area (Å²) >= 11 is 4.48. The maximum absolute atomic E-state index is 11.3. The van der Waals surface area contributed by atoms with Crippen molar-refractivity contribution in [2.24, 2.45) is 5.92 Å². The SMILES string of the molecule is CCC1=C(Cl)C2CC=CC(S(=O)O)=C2C=CC1. The largest absolute Gasteiger partial charge is 0.302 e. The fraction of sp³-hybridized carbons (Fsp3) is 0.385. The first-order chi connectivity index (χ1) is 8.15. The van der Waals surface area contributed by atoms with Crippen molar-refractivity contribution in [3.05, 3.63) is 45.4 Å². The topological polar surface area (TPSA) is 37.3 Å². The number of allylic oxidation sites excluding steroid dienone is 7. The van der Waals surface area contributed by atoms with E-state index in [0.717, 1.165) is 29.9 Å². The highest BCUT2D eigenvalue weighted by atomic mass is 35.5. The van der Waals surface area contributed by atoms with Crippen LogP contribution in [0.1, 0.15) is 26.2 Å². The highest BCUT2D eigenvalue weighted by molar-refractivity contribution is 7.83. The Morgan fingerprint density at radius 3 is 2.88 bits per heavy atom. The standard InChI is InChI=1S/C13H15ClO2S/c1-2-9-5-3-6-10-11(13(9)14)7-4-8-12(10)17(15)16/h3-4,6,8,11H,2,5,7H2,1H3,(H,15,16). The van der Waals surface area contributed by atoms with Crippen molar-refractivity contribution in [3.63, 3.8) is 0 Å².